The topological polar surface area (TPSA) is 18.5 Å². The van der Waals surface area contributed by atoms with Crippen molar-refractivity contribution in [1.82, 2.24) is 15.1 Å². The third-order valence-electron chi connectivity index (χ3n) is 4.54. The highest BCUT2D eigenvalue weighted by Crippen LogP contribution is 2.32. The van der Waals surface area contributed by atoms with Gasteiger partial charge in [-0.1, -0.05) is 13.8 Å². The first-order valence-corrected chi connectivity index (χ1v) is 7.67. The normalized spacial score (nSPS) is 25.5. The summed E-state index contributed by atoms with van der Waals surface area (Å²) in [5.41, 5.74) is 0.484. The first-order chi connectivity index (χ1) is 8.55. The van der Waals surface area contributed by atoms with Crippen LogP contribution in [0.4, 0.5) is 0 Å². The number of hydrogen-bond acceptors (Lipinski definition) is 3. The lowest BCUT2D eigenvalue weighted by Crippen LogP contribution is -2.47. The van der Waals surface area contributed by atoms with Gasteiger partial charge in [0, 0.05) is 32.7 Å². The first kappa shape index (κ1) is 14.3. The second-order valence-electron chi connectivity index (χ2n) is 7.14. The zero-order valence-electron chi connectivity index (χ0n) is 12.5. The Bertz CT molecular complexity index is 238. The molecule has 0 bridgehead atoms. The van der Waals surface area contributed by atoms with Crippen LogP contribution in [0.3, 0.4) is 0 Å². The molecule has 2 aliphatic heterocycles. The van der Waals surface area contributed by atoms with Gasteiger partial charge in [0.05, 0.1) is 0 Å². The minimum atomic E-state index is 0.484. The molecule has 0 unspecified atom stereocenters. The summed E-state index contributed by atoms with van der Waals surface area (Å²) in [5, 5.41) is 3.44. The summed E-state index contributed by atoms with van der Waals surface area (Å²) >= 11 is 0. The predicted molar refractivity (Wildman–Crippen MR) is 77.9 cm³/mol. The van der Waals surface area contributed by atoms with Gasteiger partial charge in [-0.25, -0.2) is 0 Å². The number of piperazine rings is 1. The van der Waals surface area contributed by atoms with E-state index in [9.17, 15) is 0 Å². The van der Waals surface area contributed by atoms with Crippen LogP contribution in [-0.2, 0) is 0 Å². The van der Waals surface area contributed by atoms with Crippen molar-refractivity contribution >= 4 is 0 Å². The molecule has 1 N–H and O–H groups in total. The fraction of sp³-hybridized carbons (Fsp3) is 1.00. The van der Waals surface area contributed by atoms with E-state index >= 15 is 0 Å². The van der Waals surface area contributed by atoms with Gasteiger partial charge in [-0.3, -0.25) is 0 Å². The first-order valence-electron chi connectivity index (χ1n) is 7.67. The summed E-state index contributed by atoms with van der Waals surface area (Å²) in [6, 6.07) is 0. The number of likely N-dealkylation sites (tertiary alicyclic amines) is 1. The molecule has 18 heavy (non-hydrogen) atoms. The van der Waals surface area contributed by atoms with Crippen molar-refractivity contribution in [2.24, 2.45) is 11.3 Å². The van der Waals surface area contributed by atoms with Gasteiger partial charge in [-0.15, -0.1) is 0 Å². The van der Waals surface area contributed by atoms with Crippen LogP contribution in [0, 0.1) is 11.3 Å². The molecule has 106 valence electrons. The molecule has 0 atom stereocenters. The molecular formula is C15H31N3. The van der Waals surface area contributed by atoms with E-state index in [1.54, 1.807) is 0 Å². The number of piperidine rings is 1. The molecule has 2 heterocycles. The minimum absolute atomic E-state index is 0.484. The molecule has 0 aromatic heterocycles. The smallest absolute Gasteiger partial charge is 0.0108 e. The summed E-state index contributed by atoms with van der Waals surface area (Å²) in [6.07, 6.45) is 4.22. The predicted octanol–water partition coefficient (Wildman–Crippen LogP) is 1.65. The fourth-order valence-corrected chi connectivity index (χ4v) is 3.59. The molecular weight excluding hydrogens is 222 g/mol. The Balaban J connectivity index is 1.75. The largest absolute Gasteiger partial charge is 0.314 e. The van der Waals surface area contributed by atoms with E-state index < -0.39 is 0 Å². The quantitative estimate of drug-likeness (QED) is 0.822. The van der Waals surface area contributed by atoms with Crippen molar-refractivity contribution in [3.63, 3.8) is 0 Å². The highest BCUT2D eigenvalue weighted by Gasteiger charge is 2.28. The number of nitrogens with zero attached hydrogens (tertiary/aromatic N) is 2. The molecule has 2 saturated heterocycles. The van der Waals surface area contributed by atoms with E-state index in [4.69, 9.17) is 0 Å². The van der Waals surface area contributed by atoms with Crippen LogP contribution in [0.25, 0.3) is 0 Å². The molecule has 2 fully saturated rings. The molecule has 0 saturated carbocycles. The van der Waals surface area contributed by atoms with Gasteiger partial charge in [0.1, 0.15) is 0 Å². The van der Waals surface area contributed by atoms with Gasteiger partial charge in [-0.05, 0) is 50.7 Å². The summed E-state index contributed by atoms with van der Waals surface area (Å²) in [6.45, 7) is 13.6. The summed E-state index contributed by atoms with van der Waals surface area (Å²) < 4.78 is 0. The Morgan fingerprint density at radius 2 is 1.67 bits per heavy atom. The Labute approximate surface area is 113 Å². The standard InChI is InChI=1S/C15H31N3/c1-15(2,13-18-10-6-16-7-11-18)12-14-4-8-17(3)9-5-14/h14,16H,4-13H2,1-3H3. The molecule has 3 heteroatoms. The molecule has 0 aliphatic carbocycles. The summed E-state index contributed by atoms with van der Waals surface area (Å²) in [4.78, 5) is 5.12. The van der Waals surface area contributed by atoms with Crippen LogP contribution >= 0.6 is 0 Å². The Kier molecular flexibility index (Phi) is 5.05. The third-order valence-corrected chi connectivity index (χ3v) is 4.54. The van der Waals surface area contributed by atoms with Gasteiger partial charge in [0.25, 0.3) is 0 Å². The van der Waals surface area contributed by atoms with Gasteiger partial charge >= 0.3 is 0 Å². The fourth-order valence-electron chi connectivity index (χ4n) is 3.59. The molecule has 2 rings (SSSR count). The summed E-state index contributed by atoms with van der Waals surface area (Å²) in [5.74, 6) is 0.958. The lowest BCUT2D eigenvalue weighted by Gasteiger charge is -2.39. The maximum absolute atomic E-state index is 3.44. The van der Waals surface area contributed by atoms with Crippen LogP contribution in [0.2, 0.25) is 0 Å². The second-order valence-corrected chi connectivity index (χ2v) is 7.14. The zero-order chi connectivity index (χ0) is 13.0. The molecule has 3 nitrogen and oxygen atoms in total. The number of hydrogen-bond donors (Lipinski definition) is 1. The van der Waals surface area contributed by atoms with Gasteiger partial charge in [0.15, 0.2) is 0 Å². The molecule has 0 aromatic rings. The van der Waals surface area contributed by atoms with Gasteiger partial charge < -0.3 is 15.1 Å². The van der Waals surface area contributed by atoms with Crippen molar-refractivity contribution in [3.05, 3.63) is 0 Å². The van der Waals surface area contributed by atoms with Gasteiger partial charge in [-0.2, -0.15) is 0 Å². The van der Waals surface area contributed by atoms with Gasteiger partial charge in [0.2, 0.25) is 0 Å². The number of rotatable bonds is 4. The van der Waals surface area contributed by atoms with E-state index in [0.29, 0.717) is 5.41 Å². The van der Waals surface area contributed by atoms with Crippen LogP contribution in [0.1, 0.15) is 33.1 Å². The Hall–Kier alpha value is -0.120. The van der Waals surface area contributed by atoms with Crippen molar-refractivity contribution in [2.45, 2.75) is 33.1 Å². The second kappa shape index (κ2) is 6.36. The summed E-state index contributed by atoms with van der Waals surface area (Å²) in [7, 11) is 2.25. The Morgan fingerprint density at radius 1 is 1.06 bits per heavy atom. The molecule has 0 spiro atoms. The highest BCUT2D eigenvalue weighted by molar-refractivity contribution is 4.82. The lowest BCUT2D eigenvalue weighted by molar-refractivity contribution is 0.114. The molecule has 0 amide bonds. The highest BCUT2D eigenvalue weighted by atomic mass is 15.2. The average Bonchev–Trinajstić information content (AvgIpc) is 2.32. The van der Waals surface area contributed by atoms with E-state index in [1.807, 2.05) is 0 Å². The molecule has 0 aromatic carbocycles. The van der Waals surface area contributed by atoms with E-state index in [0.717, 1.165) is 5.92 Å². The van der Waals surface area contributed by atoms with E-state index in [2.05, 4.69) is 36.0 Å². The van der Waals surface area contributed by atoms with Crippen LogP contribution in [0.5, 0.6) is 0 Å². The lowest BCUT2D eigenvalue weighted by atomic mass is 9.78. The van der Waals surface area contributed by atoms with E-state index in [1.165, 1.54) is 65.1 Å². The van der Waals surface area contributed by atoms with Crippen molar-refractivity contribution in [2.75, 3.05) is 52.9 Å². The van der Waals surface area contributed by atoms with Crippen LogP contribution in [0.15, 0.2) is 0 Å². The van der Waals surface area contributed by atoms with Crippen LogP contribution in [-0.4, -0.2) is 62.7 Å². The molecule has 0 radical (unpaired) electrons. The molecule has 2 aliphatic rings. The van der Waals surface area contributed by atoms with E-state index in [-0.39, 0.29) is 0 Å². The van der Waals surface area contributed by atoms with Crippen molar-refractivity contribution < 1.29 is 0 Å². The Morgan fingerprint density at radius 3 is 2.28 bits per heavy atom. The zero-order valence-corrected chi connectivity index (χ0v) is 12.5. The van der Waals surface area contributed by atoms with Crippen molar-refractivity contribution in [1.29, 1.82) is 0 Å². The average molecular weight is 253 g/mol. The number of nitrogens with one attached hydrogen (secondary N) is 1. The monoisotopic (exact) mass is 253 g/mol. The van der Waals surface area contributed by atoms with Crippen LogP contribution < -0.4 is 5.32 Å². The third kappa shape index (κ3) is 4.52. The maximum Gasteiger partial charge on any atom is 0.0108 e. The minimum Gasteiger partial charge on any atom is -0.314 e. The SMILES string of the molecule is CN1CCC(CC(C)(C)CN2CCNCC2)CC1. The van der Waals surface area contributed by atoms with Crippen molar-refractivity contribution in [3.8, 4) is 0 Å². The maximum atomic E-state index is 3.44.